The number of aliphatic hydroxyl groups is 2. The van der Waals surface area contributed by atoms with Gasteiger partial charge in [-0.3, -0.25) is 14.4 Å². The number of aromatic carboxylic acids is 1. The van der Waals surface area contributed by atoms with Crippen LogP contribution in [0.1, 0.15) is 140 Å². The van der Waals surface area contributed by atoms with E-state index in [1.165, 1.54) is 19.6 Å². The molecule has 8 unspecified atom stereocenters. The number of aldehydes is 1. The van der Waals surface area contributed by atoms with E-state index in [0.29, 0.717) is 50.9 Å². The molecule has 4 rings (SSSR count). The third-order valence-electron chi connectivity index (χ3n) is 14.3. The lowest BCUT2D eigenvalue weighted by molar-refractivity contribution is -0.287. The number of carbonyl (C=O) groups is 6. The van der Waals surface area contributed by atoms with Crippen molar-refractivity contribution in [2.45, 2.75) is 155 Å². The number of aliphatic hydroxyl groups excluding tert-OH is 1. The highest BCUT2D eigenvalue weighted by Gasteiger charge is 2.56. The van der Waals surface area contributed by atoms with Gasteiger partial charge < -0.3 is 44.3 Å². The molecule has 14 nitrogen and oxygen atoms in total. The minimum atomic E-state index is -2.60. The number of carboxylic acids is 2. The summed E-state index contributed by atoms with van der Waals surface area (Å²) >= 11 is 0. The highest BCUT2D eigenvalue weighted by Crippen LogP contribution is 2.40. The number of hydrogen-bond acceptors (Lipinski definition) is 11. The van der Waals surface area contributed by atoms with Gasteiger partial charge in [-0.15, -0.1) is 0 Å². The van der Waals surface area contributed by atoms with Gasteiger partial charge in [-0.2, -0.15) is 0 Å². The molecule has 3 aliphatic rings. The van der Waals surface area contributed by atoms with Crippen LogP contribution in [0.3, 0.4) is 0 Å². The van der Waals surface area contributed by atoms with Gasteiger partial charge in [0.25, 0.3) is 11.7 Å². The van der Waals surface area contributed by atoms with Crippen LogP contribution in [0.25, 0.3) is 6.08 Å². The molecule has 3 fully saturated rings. The van der Waals surface area contributed by atoms with Crippen LogP contribution < -0.4 is 0 Å². The van der Waals surface area contributed by atoms with E-state index in [4.69, 9.17) is 14.2 Å². The van der Waals surface area contributed by atoms with Crippen molar-refractivity contribution in [1.29, 1.82) is 0 Å². The van der Waals surface area contributed by atoms with Crippen LogP contribution in [0.5, 0.6) is 0 Å². The number of aliphatic carboxylic acids is 1. The van der Waals surface area contributed by atoms with Gasteiger partial charge in [0.05, 0.1) is 23.9 Å². The third-order valence-corrected chi connectivity index (χ3v) is 14.3. The Morgan fingerprint density at radius 1 is 0.940 bits per heavy atom. The lowest BCUT2D eigenvalue weighted by atomic mass is 9.78. The fourth-order valence-electron chi connectivity index (χ4n) is 10.5. The summed E-state index contributed by atoms with van der Waals surface area (Å²) < 4.78 is 17.6. The number of nitrogens with zero attached hydrogens (tertiary/aromatic N) is 1. The maximum absolute atomic E-state index is 14.1. The van der Waals surface area contributed by atoms with Crippen LogP contribution in [0.2, 0.25) is 0 Å². The van der Waals surface area contributed by atoms with E-state index >= 15 is 0 Å². The minimum Gasteiger partial charge on any atom is -0.480 e. The molecule has 1 aromatic carbocycles. The van der Waals surface area contributed by atoms with Crippen LogP contribution in [0.15, 0.2) is 53.6 Å². The number of likely N-dealkylation sites (tertiary alicyclic amines) is 1. The number of ether oxygens (including phenoxy) is 3. The van der Waals surface area contributed by atoms with E-state index in [0.717, 1.165) is 54.4 Å². The van der Waals surface area contributed by atoms with Gasteiger partial charge in [0, 0.05) is 57.5 Å². The number of allylic oxidation sites excluding steroid dienone is 5. The number of carboxylic acid groups (broad SMARTS) is 2. The molecule has 0 radical (unpaired) electrons. The van der Waals surface area contributed by atoms with Crippen LogP contribution in [-0.4, -0.2) is 119 Å². The Balaban J connectivity index is 1.44. The van der Waals surface area contributed by atoms with E-state index in [2.05, 4.69) is 19.9 Å². The Labute approximate surface area is 397 Å². The fourth-order valence-corrected chi connectivity index (χ4v) is 10.5. The van der Waals surface area contributed by atoms with E-state index < -0.39 is 59.5 Å². The average molecular weight is 936 g/mol. The molecule has 0 bridgehead atoms. The van der Waals surface area contributed by atoms with Crippen molar-refractivity contribution in [3.63, 3.8) is 0 Å². The summed E-state index contributed by atoms with van der Waals surface area (Å²) in [6.45, 7) is 10.0. The Bertz CT molecular complexity index is 1920. The zero-order valence-corrected chi connectivity index (χ0v) is 40.8. The Hall–Kier alpha value is -4.34. The summed E-state index contributed by atoms with van der Waals surface area (Å²) in [4.78, 5) is 78.0. The highest BCUT2D eigenvalue weighted by atomic mass is 16.7. The maximum atomic E-state index is 14.1. The summed E-state index contributed by atoms with van der Waals surface area (Å²) in [6.07, 6.45) is 15.6. The second kappa shape index (κ2) is 26.4. The Morgan fingerprint density at radius 3 is 2.27 bits per heavy atom. The first-order valence-corrected chi connectivity index (χ1v) is 24.3. The van der Waals surface area contributed by atoms with Gasteiger partial charge in [0.15, 0.2) is 0 Å². The lowest BCUT2D eigenvalue weighted by Gasteiger charge is -2.46. The summed E-state index contributed by atoms with van der Waals surface area (Å²) in [5, 5.41) is 40.5. The summed E-state index contributed by atoms with van der Waals surface area (Å²) in [6, 6.07) is 5.42. The molecular formula is C53H77NO13. The molecule has 1 aromatic rings. The predicted octanol–water partition coefficient (Wildman–Crippen LogP) is 7.88. The van der Waals surface area contributed by atoms with E-state index in [1.54, 1.807) is 31.4 Å². The van der Waals surface area contributed by atoms with Crippen LogP contribution >= 0.6 is 0 Å². The van der Waals surface area contributed by atoms with E-state index in [-0.39, 0.29) is 67.1 Å². The number of hydrogen-bond donors (Lipinski definition) is 4. The quantitative estimate of drug-likeness (QED) is 0.0418. The largest absolute Gasteiger partial charge is 0.480 e. The highest BCUT2D eigenvalue weighted by molar-refractivity contribution is 6.39. The summed E-state index contributed by atoms with van der Waals surface area (Å²) in [5.74, 6) is -8.31. The van der Waals surface area contributed by atoms with E-state index in [1.807, 2.05) is 32.1 Å². The van der Waals surface area contributed by atoms with Gasteiger partial charge in [0.1, 0.15) is 18.1 Å². The molecular weight excluding hydrogens is 859 g/mol. The van der Waals surface area contributed by atoms with Gasteiger partial charge in [-0.05, 0) is 133 Å². The Kier molecular flexibility index (Phi) is 21.8. The Morgan fingerprint density at radius 2 is 1.64 bits per heavy atom. The topological polar surface area (TPSA) is 214 Å². The fraction of sp³-hybridized carbons (Fsp3) is 0.660. The number of benzene rings is 1. The SMILES string of the molecule is COC1CC(/C=C(\C)C[C@H](C)CCC(=O)C(/C=C(\C)C[C@H](C)CC(OC)[C@H]2OC(O)(C(=O)C(=O)N3CCCCC3C(=O)O)C(C)C[C@@H]2C=O)CC/C=C/c2ccc(C(=O)O)cc2)CCC1CO. The molecule has 1 amide bonds. The summed E-state index contributed by atoms with van der Waals surface area (Å²) in [7, 11) is 3.17. The molecule has 67 heavy (non-hydrogen) atoms. The first-order chi connectivity index (χ1) is 31.8. The molecule has 0 spiro atoms. The van der Waals surface area contributed by atoms with Crippen molar-refractivity contribution in [3.05, 3.63) is 64.8 Å². The van der Waals surface area contributed by atoms with Crippen LogP contribution in [0, 0.1) is 41.4 Å². The van der Waals surface area contributed by atoms with Gasteiger partial charge in [0.2, 0.25) is 5.79 Å². The monoisotopic (exact) mass is 936 g/mol. The number of Topliss-reactive ketones (excluding diaryl/α,β-unsaturated/α-hetero) is 2. The van der Waals surface area contributed by atoms with E-state index in [9.17, 15) is 49.2 Å². The molecule has 12 atom stereocenters. The number of rotatable bonds is 25. The number of carbonyl (C=O) groups excluding carboxylic acids is 4. The van der Waals surface area contributed by atoms with Crippen LogP contribution in [0.4, 0.5) is 0 Å². The van der Waals surface area contributed by atoms with Gasteiger partial charge in [-0.25, -0.2) is 9.59 Å². The first kappa shape index (κ1) is 55.3. The second-order valence-electron chi connectivity index (χ2n) is 19.9. The molecule has 14 heteroatoms. The molecule has 2 heterocycles. The molecule has 2 aliphatic heterocycles. The van der Waals surface area contributed by atoms with Crippen molar-refractivity contribution in [2.75, 3.05) is 27.4 Å². The standard InChI is InChI=1S/C53H77NO13/c1-33(24-34(2)26-39-18-21-42(31-55)46(30-39)65-6)15-22-45(57)41(13-9-8-12-38-16-19-40(20-17-38)51(60)61)27-35(3)25-36(4)28-47(66-7)48-43(32-56)29-37(5)53(64,67-48)49(58)50(59)54-23-11-10-14-44(54)52(62)63/h8,12,16-17,19-20,26-27,32-33,36-37,39,41-44,46-48,55,64H,9-11,13-15,18,21-25,28-31H2,1-7H3,(H,60,61)(H,62,63)/b12-8+,34-26+,35-27+/t33-,36+,37?,39?,41?,42?,43-,44?,46?,47?,48+,53?/m1/s1. The molecule has 0 aromatic heterocycles. The smallest absolute Gasteiger partial charge is 0.335 e. The van der Waals surface area contributed by atoms with Crippen molar-refractivity contribution in [1.82, 2.24) is 4.90 Å². The normalized spacial score (nSPS) is 28.1. The average Bonchev–Trinajstić information content (AvgIpc) is 3.31. The number of piperidine rings is 1. The van der Waals surface area contributed by atoms with Crippen LogP contribution in [-0.2, 0) is 38.2 Å². The molecule has 1 saturated carbocycles. The van der Waals surface area contributed by atoms with Crippen molar-refractivity contribution < 1.29 is 63.4 Å². The number of methoxy groups -OCH3 is 2. The molecule has 2 saturated heterocycles. The van der Waals surface area contributed by atoms with Crippen molar-refractivity contribution >= 4 is 41.8 Å². The molecule has 372 valence electrons. The molecule has 1 aliphatic carbocycles. The molecule has 4 N–H and O–H groups in total. The van der Waals surface area contributed by atoms with Crippen molar-refractivity contribution in [3.8, 4) is 0 Å². The zero-order valence-electron chi connectivity index (χ0n) is 40.8. The lowest BCUT2D eigenvalue weighted by Crippen LogP contribution is -2.63. The minimum absolute atomic E-state index is 0.0424. The third kappa shape index (κ3) is 15.6. The maximum Gasteiger partial charge on any atom is 0.335 e. The van der Waals surface area contributed by atoms with Gasteiger partial charge in [-0.1, -0.05) is 68.4 Å². The second-order valence-corrected chi connectivity index (χ2v) is 19.9. The first-order valence-electron chi connectivity index (χ1n) is 24.3. The summed E-state index contributed by atoms with van der Waals surface area (Å²) in [5.41, 5.74) is 3.34. The number of ketones is 2. The zero-order chi connectivity index (χ0) is 49.4. The van der Waals surface area contributed by atoms with Gasteiger partial charge >= 0.3 is 11.9 Å². The predicted molar refractivity (Wildman–Crippen MR) is 254 cm³/mol. The van der Waals surface area contributed by atoms with Crippen molar-refractivity contribution in [2.24, 2.45) is 41.4 Å². The number of amides is 1.